The number of hydrogen-bond acceptors (Lipinski definition) is 5. The molecule has 4 rings (SSSR count). The van der Waals surface area contributed by atoms with E-state index in [1.54, 1.807) is 39.9 Å². The van der Waals surface area contributed by atoms with Crippen LogP contribution in [0.5, 0.6) is 0 Å². The van der Waals surface area contributed by atoms with Crippen LogP contribution in [0.2, 0.25) is 0 Å². The van der Waals surface area contributed by atoms with E-state index in [0.29, 0.717) is 31.1 Å². The molecule has 8 heteroatoms. The molecule has 30 heavy (non-hydrogen) atoms. The van der Waals surface area contributed by atoms with E-state index in [9.17, 15) is 8.42 Å². The molecule has 3 aromatic rings. The van der Waals surface area contributed by atoms with Gasteiger partial charge < -0.3 is 4.90 Å². The highest BCUT2D eigenvalue weighted by molar-refractivity contribution is 9.10. The van der Waals surface area contributed by atoms with Crippen LogP contribution in [0.3, 0.4) is 0 Å². The summed E-state index contributed by atoms with van der Waals surface area (Å²) in [6.07, 6.45) is 0. The molecule has 0 unspecified atom stereocenters. The molecule has 1 saturated heterocycles. The van der Waals surface area contributed by atoms with Gasteiger partial charge in [0.05, 0.1) is 10.6 Å². The van der Waals surface area contributed by atoms with Gasteiger partial charge in [0.2, 0.25) is 10.0 Å². The van der Waals surface area contributed by atoms with Crippen molar-refractivity contribution >= 4 is 42.4 Å². The number of aromatic nitrogens is 1. The summed E-state index contributed by atoms with van der Waals surface area (Å²) >= 11 is 4.97. The molecule has 1 aromatic heterocycles. The average molecular weight is 506 g/mol. The summed E-state index contributed by atoms with van der Waals surface area (Å²) in [5.74, 6) is 0. The Hall–Kier alpha value is -1.74. The van der Waals surface area contributed by atoms with Crippen molar-refractivity contribution in [3.63, 3.8) is 0 Å². The Kier molecular flexibility index (Phi) is 6.03. The van der Waals surface area contributed by atoms with Crippen molar-refractivity contribution in [2.24, 2.45) is 0 Å². The molecule has 158 valence electrons. The maximum atomic E-state index is 12.9. The lowest BCUT2D eigenvalue weighted by atomic mass is 9.98. The Labute approximate surface area is 190 Å². The molecular formula is C22H24BrN3O2S2. The van der Waals surface area contributed by atoms with Crippen molar-refractivity contribution in [1.29, 1.82) is 0 Å². The van der Waals surface area contributed by atoms with Gasteiger partial charge in [-0.05, 0) is 56.2 Å². The monoisotopic (exact) mass is 505 g/mol. The van der Waals surface area contributed by atoms with Crippen molar-refractivity contribution in [2.75, 3.05) is 31.1 Å². The SMILES string of the molecule is Cc1cc(C)c(-c2csc(N3CCN(S(=O)(=O)c4ccc(Br)cc4)CC3)n2)c(C)c1. The molecule has 0 bridgehead atoms. The Balaban J connectivity index is 1.49. The van der Waals surface area contributed by atoms with E-state index >= 15 is 0 Å². The fourth-order valence-corrected chi connectivity index (χ4v) is 6.54. The molecule has 0 saturated carbocycles. The number of thiazole rings is 1. The largest absolute Gasteiger partial charge is 0.345 e. The lowest BCUT2D eigenvalue weighted by Crippen LogP contribution is -2.48. The number of sulfonamides is 1. The number of halogens is 1. The second-order valence-electron chi connectivity index (χ2n) is 7.63. The Bertz CT molecular complexity index is 1140. The fraction of sp³-hybridized carbons (Fsp3) is 0.318. The third-order valence-corrected chi connectivity index (χ3v) is 8.73. The Morgan fingerprint density at radius 3 is 2.17 bits per heavy atom. The van der Waals surface area contributed by atoms with Crippen LogP contribution in [-0.4, -0.2) is 43.9 Å². The van der Waals surface area contributed by atoms with Crippen molar-refractivity contribution in [3.8, 4) is 11.3 Å². The third kappa shape index (κ3) is 4.19. The first-order chi connectivity index (χ1) is 14.3. The van der Waals surface area contributed by atoms with E-state index in [0.717, 1.165) is 15.3 Å². The number of benzene rings is 2. The third-order valence-electron chi connectivity index (χ3n) is 5.39. The first-order valence-corrected chi connectivity index (χ1v) is 12.9. The molecule has 1 aliphatic rings. The highest BCUT2D eigenvalue weighted by atomic mass is 79.9. The van der Waals surface area contributed by atoms with Crippen LogP contribution in [0.4, 0.5) is 5.13 Å². The van der Waals surface area contributed by atoms with Gasteiger partial charge in [-0.25, -0.2) is 13.4 Å². The molecule has 0 atom stereocenters. The van der Waals surface area contributed by atoms with E-state index in [1.165, 1.54) is 22.3 Å². The number of anilines is 1. The molecule has 1 fully saturated rings. The summed E-state index contributed by atoms with van der Waals surface area (Å²) in [4.78, 5) is 7.40. The van der Waals surface area contributed by atoms with Gasteiger partial charge in [0.25, 0.3) is 0 Å². The summed E-state index contributed by atoms with van der Waals surface area (Å²) in [6, 6.07) is 11.2. The summed E-state index contributed by atoms with van der Waals surface area (Å²) in [6.45, 7) is 8.53. The van der Waals surface area contributed by atoms with Gasteiger partial charge >= 0.3 is 0 Å². The fourth-order valence-electron chi connectivity index (χ4n) is 3.98. The predicted octanol–water partition coefficient (Wildman–Crippen LogP) is 5.01. The van der Waals surface area contributed by atoms with Gasteiger partial charge in [-0.1, -0.05) is 33.6 Å². The second kappa shape index (κ2) is 8.42. The molecule has 1 aliphatic heterocycles. The maximum absolute atomic E-state index is 12.9. The minimum absolute atomic E-state index is 0.334. The predicted molar refractivity (Wildman–Crippen MR) is 127 cm³/mol. The van der Waals surface area contributed by atoms with E-state index in [4.69, 9.17) is 4.98 Å². The molecule has 0 aliphatic carbocycles. The highest BCUT2D eigenvalue weighted by Gasteiger charge is 2.29. The van der Waals surface area contributed by atoms with Crippen LogP contribution in [0.1, 0.15) is 16.7 Å². The Morgan fingerprint density at radius 2 is 1.57 bits per heavy atom. The lowest BCUT2D eigenvalue weighted by Gasteiger charge is -2.33. The number of nitrogens with zero attached hydrogens (tertiary/aromatic N) is 3. The van der Waals surface area contributed by atoms with Gasteiger partial charge in [-0.3, -0.25) is 0 Å². The number of rotatable bonds is 4. The molecule has 5 nitrogen and oxygen atoms in total. The van der Waals surface area contributed by atoms with Gasteiger partial charge in [0.15, 0.2) is 5.13 Å². The van der Waals surface area contributed by atoms with Gasteiger partial charge in [0.1, 0.15) is 0 Å². The van der Waals surface area contributed by atoms with Crippen molar-refractivity contribution in [1.82, 2.24) is 9.29 Å². The molecule has 2 heterocycles. The number of hydrogen-bond donors (Lipinski definition) is 0. The van der Waals surface area contributed by atoms with E-state index in [1.807, 2.05) is 0 Å². The molecule has 0 spiro atoms. The van der Waals surface area contributed by atoms with Gasteiger partial charge in [0, 0.05) is 41.6 Å². The van der Waals surface area contributed by atoms with Gasteiger partial charge in [-0.2, -0.15) is 4.31 Å². The molecule has 0 N–H and O–H groups in total. The van der Waals surface area contributed by atoms with Crippen LogP contribution in [-0.2, 0) is 10.0 Å². The van der Waals surface area contributed by atoms with Crippen LogP contribution >= 0.6 is 27.3 Å². The van der Waals surface area contributed by atoms with Crippen molar-refractivity contribution in [3.05, 3.63) is 62.9 Å². The van der Waals surface area contributed by atoms with Crippen LogP contribution < -0.4 is 4.90 Å². The van der Waals surface area contributed by atoms with E-state index in [2.05, 4.69) is 59.1 Å². The summed E-state index contributed by atoms with van der Waals surface area (Å²) in [5, 5.41) is 3.05. The topological polar surface area (TPSA) is 53.5 Å². The van der Waals surface area contributed by atoms with Gasteiger partial charge in [-0.15, -0.1) is 11.3 Å². The standard InChI is InChI=1S/C22H24BrN3O2S2/c1-15-12-16(2)21(17(3)13-15)20-14-29-22(24-20)25-8-10-26(11-9-25)30(27,28)19-6-4-18(23)5-7-19/h4-7,12-14H,8-11H2,1-3H3. The highest BCUT2D eigenvalue weighted by Crippen LogP contribution is 2.33. The van der Waals surface area contributed by atoms with Crippen molar-refractivity contribution < 1.29 is 8.42 Å². The van der Waals surface area contributed by atoms with Crippen molar-refractivity contribution in [2.45, 2.75) is 25.7 Å². The second-order valence-corrected chi connectivity index (χ2v) is 11.3. The normalized spacial score (nSPS) is 15.5. The van der Waals surface area contributed by atoms with E-state index < -0.39 is 10.0 Å². The average Bonchev–Trinajstić information content (AvgIpc) is 3.17. The Morgan fingerprint density at radius 1 is 0.967 bits per heavy atom. The van der Waals surface area contributed by atoms with Crippen LogP contribution in [0.15, 0.2) is 51.1 Å². The zero-order chi connectivity index (χ0) is 21.5. The summed E-state index contributed by atoms with van der Waals surface area (Å²) in [7, 11) is -3.47. The first kappa shape index (κ1) is 21.5. The smallest absolute Gasteiger partial charge is 0.243 e. The summed E-state index contributed by atoms with van der Waals surface area (Å²) < 4.78 is 28.3. The summed E-state index contributed by atoms with van der Waals surface area (Å²) in [5.41, 5.74) is 5.91. The number of piperazine rings is 1. The van der Waals surface area contributed by atoms with Crippen LogP contribution in [0, 0.1) is 20.8 Å². The van der Waals surface area contributed by atoms with E-state index in [-0.39, 0.29) is 0 Å². The molecular weight excluding hydrogens is 482 g/mol. The first-order valence-electron chi connectivity index (χ1n) is 9.80. The van der Waals surface area contributed by atoms with Crippen LogP contribution in [0.25, 0.3) is 11.3 Å². The lowest BCUT2D eigenvalue weighted by molar-refractivity contribution is 0.385. The maximum Gasteiger partial charge on any atom is 0.243 e. The number of aryl methyl sites for hydroxylation is 3. The molecule has 0 radical (unpaired) electrons. The zero-order valence-corrected chi connectivity index (χ0v) is 20.4. The minimum Gasteiger partial charge on any atom is -0.345 e. The molecule has 2 aromatic carbocycles. The molecule has 0 amide bonds. The minimum atomic E-state index is -3.47. The zero-order valence-electron chi connectivity index (χ0n) is 17.2. The quantitative estimate of drug-likeness (QED) is 0.500.